The fourth-order valence-electron chi connectivity index (χ4n) is 2.02. The van der Waals surface area contributed by atoms with Gasteiger partial charge >= 0.3 is 5.97 Å². The summed E-state index contributed by atoms with van der Waals surface area (Å²) in [5.41, 5.74) is 1.12. The van der Waals surface area contributed by atoms with Crippen molar-refractivity contribution in [2.24, 2.45) is 0 Å². The summed E-state index contributed by atoms with van der Waals surface area (Å²) >= 11 is 0. The van der Waals surface area contributed by atoms with E-state index < -0.39 is 6.10 Å². The van der Waals surface area contributed by atoms with Crippen LogP contribution in [0.5, 0.6) is 0 Å². The Balaban J connectivity index is 1.72. The number of hydrogen-bond acceptors (Lipinski definition) is 3. The van der Waals surface area contributed by atoms with Crippen molar-refractivity contribution in [2.75, 3.05) is 0 Å². The number of carbonyl (C=O) groups is 1. The van der Waals surface area contributed by atoms with Crippen molar-refractivity contribution in [2.45, 2.75) is 25.0 Å². The standard InChI is InChI=1S/C19H20O3/c20-17(11-5-4-10-16-8-2-1-3-9-16)12-6-13-18-14-7-15-19(21)22-18/h1-11,13,15,17-18,20H,12,14H2/b10-4+,11-5+,13-6+. The highest BCUT2D eigenvalue weighted by molar-refractivity contribution is 5.82. The molecule has 1 aromatic rings. The normalized spacial score (nSPS) is 20.0. The maximum absolute atomic E-state index is 11.1. The van der Waals surface area contributed by atoms with Gasteiger partial charge in [-0.25, -0.2) is 4.79 Å². The van der Waals surface area contributed by atoms with Gasteiger partial charge < -0.3 is 9.84 Å². The lowest BCUT2D eigenvalue weighted by Crippen LogP contribution is -2.17. The molecule has 0 saturated heterocycles. The van der Waals surface area contributed by atoms with Crippen LogP contribution in [0, 0.1) is 0 Å². The van der Waals surface area contributed by atoms with Gasteiger partial charge in [0.2, 0.25) is 0 Å². The first-order valence-electron chi connectivity index (χ1n) is 7.36. The summed E-state index contributed by atoms with van der Waals surface area (Å²) in [7, 11) is 0. The summed E-state index contributed by atoms with van der Waals surface area (Å²) in [5.74, 6) is -0.313. The number of aliphatic hydroxyl groups excluding tert-OH is 1. The molecule has 0 saturated carbocycles. The third kappa shape index (κ3) is 5.94. The lowest BCUT2D eigenvalue weighted by atomic mass is 10.1. The van der Waals surface area contributed by atoms with Crippen molar-refractivity contribution in [3.8, 4) is 0 Å². The minimum atomic E-state index is -0.550. The molecule has 2 rings (SSSR count). The number of rotatable bonds is 6. The van der Waals surface area contributed by atoms with Crippen LogP contribution >= 0.6 is 0 Å². The van der Waals surface area contributed by atoms with Crippen molar-refractivity contribution in [3.05, 3.63) is 78.4 Å². The monoisotopic (exact) mass is 296 g/mol. The molecule has 2 unspecified atom stereocenters. The van der Waals surface area contributed by atoms with Gasteiger partial charge in [0, 0.05) is 12.5 Å². The zero-order chi connectivity index (χ0) is 15.6. The Labute approximate surface area is 130 Å². The Kier molecular flexibility index (Phi) is 6.39. The molecular weight excluding hydrogens is 276 g/mol. The predicted octanol–water partition coefficient (Wildman–Crippen LogP) is 3.43. The van der Waals surface area contributed by atoms with Gasteiger partial charge in [0.25, 0.3) is 0 Å². The quantitative estimate of drug-likeness (QED) is 0.497. The topological polar surface area (TPSA) is 46.5 Å². The molecular formula is C19H20O3. The fourth-order valence-corrected chi connectivity index (χ4v) is 2.02. The smallest absolute Gasteiger partial charge is 0.331 e. The molecule has 1 aliphatic rings. The van der Waals surface area contributed by atoms with E-state index in [9.17, 15) is 9.90 Å². The second-order valence-electron chi connectivity index (χ2n) is 5.00. The average molecular weight is 296 g/mol. The molecule has 0 amide bonds. The molecule has 0 bridgehead atoms. The van der Waals surface area contributed by atoms with Crippen LogP contribution in [0.1, 0.15) is 18.4 Å². The Hall–Kier alpha value is -2.39. The molecule has 0 fully saturated rings. The summed E-state index contributed by atoms with van der Waals surface area (Å²) < 4.78 is 5.09. The number of allylic oxidation sites excluding steroid dienone is 2. The highest BCUT2D eigenvalue weighted by Gasteiger charge is 2.12. The van der Waals surface area contributed by atoms with E-state index in [-0.39, 0.29) is 12.1 Å². The second kappa shape index (κ2) is 8.80. The molecule has 3 nitrogen and oxygen atoms in total. The predicted molar refractivity (Wildman–Crippen MR) is 88.0 cm³/mol. The van der Waals surface area contributed by atoms with E-state index in [0.717, 1.165) is 5.56 Å². The van der Waals surface area contributed by atoms with Crippen molar-refractivity contribution >= 4 is 12.0 Å². The van der Waals surface area contributed by atoms with E-state index in [1.54, 1.807) is 12.2 Å². The third-order valence-corrected chi connectivity index (χ3v) is 3.15. The van der Waals surface area contributed by atoms with Crippen molar-refractivity contribution in [1.29, 1.82) is 0 Å². The van der Waals surface area contributed by atoms with Gasteiger partial charge in [-0.15, -0.1) is 0 Å². The summed E-state index contributed by atoms with van der Waals surface area (Å²) in [5, 5.41) is 9.83. The first-order chi connectivity index (χ1) is 10.7. The Morgan fingerprint density at radius 3 is 2.86 bits per heavy atom. The number of aliphatic hydroxyl groups is 1. The maximum atomic E-state index is 11.1. The molecule has 114 valence electrons. The van der Waals surface area contributed by atoms with E-state index in [1.807, 2.05) is 60.7 Å². The molecule has 1 aromatic carbocycles. The SMILES string of the molecule is O=C1C=CCC(/C=C/CC(O)/C=C/C=C/c2ccccc2)O1. The maximum Gasteiger partial charge on any atom is 0.331 e. The highest BCUT2D eigenvalue weighted by Crippen LogP contribution is 2.09. The number of esters is 1. The first-order valence-corrected chi connectivity index (χ1v) is 7.36. The summed E-state index contributed by atoms with van der Waals surface area (Å²) in [4.78, 5) is 11.1. The zero-order valence-corrected chi connectivity index (χ0v) is 12.3. The largest absolute Gasteiger partial charge is 0.455 e. The van der Waals surface area contributed by atoms with Gasteiger partial charge in [0.05, 0.1) is 6.10 Å². The van der Waals surface area contributed by atoms with Crippen LogP contribution in [0.3, 0.4) is 0 Å². The number of benzene rings is 1. The van der Waals surface area contributed by atoms with E-state index >= 15 is 0 Å². The second-order valence-corrected chi connectivity index (χ2v) is 5.00. The molecule has 1 heterocycles. The van der Waals surface area contributed by atoms with Crippen molar-refractivity contribution in [3.63, 3.8) is 0 Å². The van der Waals surface area contributed by atoms with Crippen LogP contribution in [0.4, 0.5) is 0 Å². The summed E-state index contributed by atoms with van der Waals surface area (Å²) in [6, 6.07) is 9.97. The van der Waals surface area contributed by atoms with Crippen LogP contribution < -0.4 is 0 Å². The highest BCUT2D eigenvalue weighted by atomic mass is 16.5. The summed E-state index contributed by atoms with van der Waals surface area (Å²) in [6.45, 7) is 0. The molecule has 0 aromatic heterocycles. The van der Waals surface area contributed by atoms with Crippen molar-refractivity contribution < 1.29 is 14.6 Å². The molecule has 0 spiro atoms. The number of hydrogen-bond donors (Lipinski definition) is 1. The first kappa shape index (κ1) is 16.0. The lowest BCUT2D eigenvalue weighted by molar-refractivity contribution is -0.141. The van der Waals surface area contributed by atoms with Gasteiger partial charge in [-0.2, -0.15) is 0 Å². The fraction of sp³-hybridized carbons (Fsp3) is 0.211. The van der Waals surface area contributed by atoms with Gasteiger partial charge in [0.15, 0.2) is 0 Å². The van der Waals surface area contributed by atoms with Crippen LogP contribution in [0.2, 0.25) is 0 Å². The molecule has 0 radical (unpaired) electrons. The van der Waals surface area contributed by atoms with Crippen LogP contribution in [-0.4, -0.2) is 23.3 Å². The van der Waals surface area contributed by atoms with E-state index in [4.69, 9.17) is 4.74 Å². The molecule has 2 atom stereocenters. The molecule has 0 aliphatic carbocycles. The van der Waals surface area contributed by atoms with Gasteiger partial charge in [-0.3, -0.25) is 0 Å². The number of ether oxygens (including phenoxy) is 1. The van der Waals surface area contributed by atoms with Gasteiger partial charge in [-0.1, -0.05) is 66.8 Å². The van der Waals surface area contributed by atoms with Gasteiger partial charge in [0.1, 0.15) is 6.10 Å². The third-order valence-electron chi connectivity index (χ3n) is 3.15. The minimum absolute atomic E-state index is 0.216. The Morgan fingerprint density at radius 2 is 2.09 bits per heavy atom. The molecule has 22 heavy (non-hydrogen) atoms. The van der Waals surface area contributed by atoms with E-state index in [0.29, 0.717) is 12.8 Å². The number of cyclic esters (lactones) is 1. The van der Waals surface area contributed by atoms with Crippen LogP contribution in [0.15, 0.2) is 72.9 Å². The average Bonchev–Trinajstić information content (AvgIpc) is 2.53. The molecule has 3 heteroatoms. The van der Waals surface area contributed by atoms with Crippen LogP contribution in [0.25, 0.3) is 6.08 Å². The van der Waals surface area contributed by atoms with Crippen molar-refractivity contribution in [1.82, 2.24) is 0 Å². The van der Waals surface area contributed by atoms with Gasteiger partial charge in [-0.05, 0) is 18.1 Å². The Morgan fingerprint density at radius 1 is 1.27 bits per heavy atom. The lowest BCUT2D eigenvalue weighted by Gasteiger charge is -2.14. The molecule has 1 N–H and O–H groups in total. The molecule has 1 aliphatic heterocycles. The van der Waals surface area contributed by atoms with Crippen LogP contribution in [-0.2, 0) is 9.53 Å². The zero-order valence-electron chi connectivity index (χ0n) is 12.3. The summed E-state index contributed by atoms with van der Waals surface area (Å²) in [6.07, 6.45) is 14.7. The minimum Gasteiger partial charge on any atom is -0.455 e. The van der Waals surface area contributed by atoms with E-state index in [1.165, 1.54) is 6.08 Å². The Bertz CT molecular complexity index is 582. The van der Waals surface area contributed by atoms with E-state index in [2.05, 4.69) is 0 Å². The number of carbonyl (C=O) groups excluding carboxylic acids is 1.